The van der Waals surface area contributed by atoms with Gasteiger partial charge in [-0.3, -0.25) is 9.78 Å². The van der Waals surface area contributed by atoms with Crippen LogP contribution in [0.2, 0.25) is 0 Å². The van der Waals surface area contributed by atoms with E-state index in [1.54, 1.807) is 30.5 Å². The van der Waals surface area contributed by atoms with E-state index in [1.165, 1.54) is 12.3 Å². The predicted octanol–water partition coefficient (Wildman–Crippen LogP) is 3.21. The molecule has 0 saturated carbocycles. The van der Waals surface area contributed by atoms with Gasteiger partial charge in [-0.2, -0.15) is 0 Å². The van der Waals surface area contributed by atoms with E-state index in [0.717, 1.165) is 0 Å². The van der Waals surface area contributed by atoms with Crippen LogP contribution in [0.3, 0.4) is 0 Å². The van der Waals surface area contributed by atoms with Crippen molar-refractivity contribution < 1.29 is 9.18 Å². The molecule has 0 fully saturated rings. The molecule has 0 atom stereocenters. The lowest BCUT2D eigenvalue weighted by Crippen LogP contribution is -2.05. The maximum absolute atomic E-state index is 13.5. The van der Waals surface area contributed by atoms with Crippen molar-refractivity contribution >= 4 is 21.7 Å². The molecule has 16 heavy (non-hydrogen) atoms. The van der Waals surface area contributed by atoms with Crippen LogP contribution < -0.4 is 0 Å². The molecular weight excluding hydrogens is 273 g/mol. The van der Waals surface area contributed by atoms with Crippen LogP contribution >= 0.6 is 15.9 Å². The molecule has 80 valence electrons. The Morgan fingerprint density at radius 2 is 2.06 bits per heavy atom. The molecule has 2 nitrogen and oxygen atoms in total. The van der Waals surface area contributed by atoms with Gasteiger partial charge in [0.25, 0.3) is 0 Å². The SMILES string of the molecule is O=C(c1cccnc1)c1c(F)cccc1Br. The summed E-state index contributed by atoms with van der Waals surface area (Å²) in [7, 11) is 0. The van der Waals surface area contributed by atoms with Gasteiger partial charge in [0.15, 0.2) is 5.78 Å². The first-order chi connectivity index (χ1) is 7.70. The van der Waals surface area contributed by atoms with E-state index in [1.807, 2.05) is 0 Å². The lowest BCUT2D eigenvalue weighted by atomic mass is 10.0. The lowest BCUT2D eigenvalue weighted by Gasteiger charge is -2.04. The number of aromatic nitrogens is 1. The standard InChI is InChI=1S/C12H7BrFNO/c13-9-4-1-5-10(14)11(9)12(16)8-3-2-6-15-7-8/h1-7H. The van der Waals surface area contributed by atoms with Crippen molar-refractivity contribution in [1.82, 2.24) is 4.98 Å². The monoisotopic (exact) mass is 279 g/mol. The maximum atomic E-state index is 13.5. The Kier molecular flexibility index (Phi) is 3.10. The highest BCUT2D eigenvalue weighted by Crippen LogP contribution is 2.22. The molecule has 2 aromatic rings. The molecular formula is C12H7BrFNO. The molecule has 1 aromatic heterocycles. The molecule has 0 aliphatic carbocycles. The van der Waals surface area contributed by atoms with Gasteiger partial charge in [0.1, 0.15) is 5.82 Å². The van der Waals surface area contributed by atoms with Crippen LogP contribution in [0.25, 0.3) is 0 Å². The van der Waals surface area contributed by atoms with Crippen LogP contribution in [-0.2, 0) is 0 Å². The zero-order valence-electron chi connectivity index (χ0n) is 8.15. The molecule has 0 radical (unpaired) electrons. The third-order valence-electron chi connectivity index (χ3n) is 2.11. The number of ketones is 1. The molecule has 0 spiro atoms. The first kappa shape index (κ1) is 11.0. The average molecular weight is 280 g/mol. The molecule has 0 unspecified atom stereocenters. The van der Waals surface area contributed by atoms with Gasteiger partial charge < -0.3 is 0 Å². The summed E-state index contributed by atoms with van der Waals surface area (Å²) in [5, 5.41) is 0. The highest BCUT2D eigenvalue weighted by molar-refractivity contribution is 9.10. The summed E-state index contributed by atoms with van der Waals surface area (Å²) in [5.41, 5.74) is 0.406. The van der Waals surface area contributed by atoms with E-state index >= 15 is 0 Å². The lowest BCUT2D eigenvalue weighted by molar-refractivity contribution is 0.103. The summed E-state index contributed by atoms with van der Waals surface area (Å²) in [4.78, 5) is 15.8. The number of pyridine rings is 1. The molecule has 0 N–H and O–H groups in total. The molecule has 2 rings (SSSR count). The fourth-order valence-corrected chi connectivity index (χ4v) is 1.88. The summed E-state index contributed by atoms with van der Waals surface area (Å²) in [6, 6.07) is 7.68. The van der Waals surface area contributed by atoms with Crippen molar-refractivity contribution in [2.75, 3.05) is 0 Å². The quantitative estimate of drug-likeness (QED) is 0.790. The van der Waals surface area contributed by atoms with Gasteiger partial charge in [-0.15, -0.1) is 0 Å². The van der Waals surface area contributed by atoms with Gasteiger partial charge in [0.2, 0.25) is 0 Å². The second-order valence-electron chi connectivity index (χ2n) is 3.17. The Hall–Kier alpha value is -1.55. The van der Waals surface area contributed by atoms with Crippen molar-refractivity contribution in [1.29, 1.82) is 0 Å². The van der Waals surface area contributed by atoms with Crippen LogP contribution in [0.5, 0.6) is 0 Å². The number of halogens is 2. The van der Waals surface area contributed by atoms with Crippen LogP contribution in [-0.4, -0.2) is 10.8 Å². The first-order valence-electron chi connectivity index (χ1n) is 4.59. The maximum Gasteiger partial charge on any atom is 0.198 e. The number of hydrogen-bond acceptors (Lipinski definition) is 2. The summed E-state index contributed by atoms with van der Waals surface area (Å²) in [6.07, 6.45) is 2.98. The molecule has 0 saturated heterocycles. The van der Waals surface area contributed by atoms with Gasteiger partial charge in [-0.25, -0.2) is 4.39 Å². The van der Waals surface area contributed by atoms with Crippen LogP contribution in [0.1, 0.15) is 15.9 Å². The van der Waals surface area contributed by atoms with Gasteiger partial charge in [-0.05, 0) is 40.2 Å². The summed E-state index contributed by atoms with van der Waals surface area (Å²) < 4.78 is 14.0. The van der Waals surface area contributed by atoms with Gasteiger partial charge in [0.05, 0.1) is 5.56 Å². The van der Waals surface area contributed by atoms with Crippen molar-refractivity contribution in [3.8, 4) is 0 Å². The molecule has 0 bridgehead atoms. The van der Waals surface area contributed by atoms with E-state index in [-0.39, 0.29) is 11.3 Å². The van der Waals surface area contributed by atoms with E-state index in [4.69, 9.17) is 0 Å². The topological polar surface area (TPSA) is 30.0 Å². The highest BCUT2D eigenvalue weighted by atomic mass is 79.9. The number of nitrogens with zero attached hydrogens (tertiary/aromatic N) is 1. The largest absolute Gasteiger partial charge is 0.288 e. The van der Waals surface area contributed by atoms with E-state index < -0.39 is 5.82 Å². The summed E-state index contributed by atoms with van der Waals surface area (Å²) in [5.74, 6) is -0.915. The van der Waals surface area contributed by atoms with E-state index in [9.17, 15) is 9.18 Å². The normalized spacial score (nSPS) is 10.1. The zero-order valence-corrected chi connectivity index (χ0v) is 9.74. The summed E-state index contributed by atoms with van der Waals surface area (Å²) >= 11 is 3.16. The van der Waals surface area contributed by atoms with Crippen LogP contribution in [0, 0.1) is 5.82 Å². The molecule has 0 aliphatic rings. The molecule has 1 aromatic carbocycles. The third-order valence-corrected chi connectivity index (χ3v) is 2.77. The number of rotatable bonds is 2. The van der Waals surface area contributed by atoms with Crippen molar-refractivity contribution in [3.05, 3.63) is 64.1 Å². The second-order valence-corrected chi connectivity index (χ2v) is 4.02. The third kappa shape index (κ3) is 2.02. The Morgan fingerprint density at radius 3 is 2.69 bits per heavy atom. The van der Waals surface area contributed by atoms with Gasteiger partial charge in [-0.1, -0.05) is 6.07 Å². The number of benzene rings is 1. The minimum atomic E-state index is -0.539. The molecule has 0 amide bonds. The van der Waals surface area contributed by atoms with Crippen molar-refractivity contribution in [2.24, 2.45) is 0 Å². The minimum Gasteiger partial charge on any atom is -0.288 e. The van der Waals surface area contributed by atoms with Gasteiger partial charge >= 0.3 is 0 Å². The van der Waals surface area contributed by atoms with E-state index in [0.29, 0.717) is 10.0 Å². The number of hydrogen-bond donors (Lipinski definition) is 0. The minimum absolute atomic E-state index is 0.0375. The highest BCUT2D eigenvalue weighted by Gasteiger charge is 2.16. The smallest absolute Gasteiger partial charge is 0.198 e. The second kappa shape index (κ2) is 4.53. The van der Waals surface area contributed by atoms with Crippen molar-refractivity contribution in [3.63, 3.8) is 0 Å². The Labute approximate surface area is 100 Å². The van der Waals surface area contributed by atoms with Crippen molar-refractivity contribution in [2.45, 2.75) is 0 Å². The van der Waals surface area contributed by atoms with Gasteiger partial charge in [0, 0.05) is 22.4 Å². The molecule has 1 heterocycles. The predicted molar refractivity (Wildman–Crippen MR) is 61.8 cm³/mol. The molecule has 4 heteroatoms. The average Bonchev–Trinajstić information content (AvgIpc) is 2.30. The fraction of sp³-hybridized carbons (Fsp3) is 0. The zero-order chi connectivity index (χ0) is 11.5. The fourth-order valence-electron chi connectivity index (χ4n) is 1.36. The van der Waals surface area contributed by atoms with Crippen LogP contribution in [0.4, 0.5) is 4.39 Å². The Morgan fingerprint density at radius 1 is 1.25 bits per heavy atom. The Balaban J connectivity index is 2.50. The number of carbonyl (C=O) groups is 1. The Bertz CT molecular complexity index is 508. The molecule has 0 aliphatic heterocycles. The summed E-state index contributed by atoms with van der Waals surface area (Å²) in [6.45, 7) is 0. The van der Waals surface area contributed by atoms with E-state index in [2.05, 4.69) is 20.9 Å². The van der Waals surface area contributed by atoms with Crippen LogP contribution in [0.15, 0.2) is 47.2 Å². The first-order valence-corrected chi connectivity index (χ1v) is 5.38. The number of carbonyl (C=O) groups excluding carboxylic acids is 1.